The lowest BCUT2D eigenvalue weighted by Gasteiger charge is -2.25. The van der Waals surface area contributed by atoms with Gasteiger partial charge in [-0.05, 0) is 43.2 Å². The second-order valence-corrected chi connectivity index (χ2v) is 5.22. The number of aryl methyl sites for hydroxylation is 1. The van der Waals surface area contributed by atoms with Crippen molar-refractivity contribution in [1.29, 1.82) is 0 Å². The van der Waals surface area contributed by atoms with Crippen molar-refractivity contribution in [3.8, 4) is 5.75 Å². The van der Waals surface area contributed by atoms with Gasteiger partial charge in [0.15, 0.2) is 0 Å². The van der Waals surface area contributed by atoms with Crippen LogP contribution in [0.5, 0.6) is 5.75 Å². The molecule has 5 heteroatoms. The minimum atomic E-state index is -1.20. The van der Waals surface area contributed by atoms with Gasteiger partial charge < -0.3 is 15.4 Å². The van der Waals surface area contributed by atoms with Crippen LogP contribution in [0, 0.1) is 13.8 Å². The monoisotopic (exact) mass is 296 g/mol. The van der Waals surface area contributed by atoms with Crippen molar-refractivity contribution in [1.82, 2.24) is 0 Å². The number of nitrogens with one attached hydrogen (secondary N) is 2. The van der Waals surface area contributed by atoms with Crippen molar-refractivity contribution in [3.63, 3.8) is 0 Å². The number of rotatable bonds is 2. The molecule has 0 spiro atoms. The molecule has 0 radical (unpaired) electrons. The maximum atomic E-state index is 12.4. The summed E-state index contributed by atoms with van der Waals surface area (Å²) in [6, 6.07) is 12.6. The normalized spacial score (nSPS) is 16.3. The molecule has 1 atom stereocenters. The van der Waals surface area contributed by atoms with Gasteiger partial charge in [-0.15, -0.1) is 0 Å². The van der Waals surface area contributed by atoms with Crippen molar-refractivity contribution in [2.45, 2.75) is 20.0 Å². The Bertz CT molecular complexity index is 755. The average Bonchev–Trinajstić information content (AvgIpc) is 2.51. The first kappa shape index (κ1) is 14.1. The van der Waals surface area contributed by atoms with E-state index in [1.165, 1.54) is 0 Å². The Balaban J connectivity index is 1.81. The lowest BCUT2D eigenvalue weighted by atomic mass is 10.1. The lowest BCUT2D eigenvalue weighted by Crippen LogP contribution is -2.45. The maximum Gasteiger partial charge on any atom is 0.275 e. The topological polar surface area (TPSA) is 67.4 Å². The first-order valence-corrected chi connectivity index (χ1v) is 7.00. The Morgan fingerprint density at radius 1 is 1.14 bits per heavy atom. The second-order valence-electron chi connectivity index (χ2n) is 5.22. The molecular weight excluding hydrogens is 280 g/mol. The molecule has 2 aromatic carbocycles. The molecule has 22 heavy (non-hydrogen) atoms. The fraction of sp³-hybridized carbons (Fsp3) is 0.176. The minimum Gasteiger partial charge on any atom is -0.468 e. The van der Waals surface area contributed by atoms with Crippen LogP contribution in [0.3, 0.4) is 0 Å². The van der Waals surface area contributed by atoms with Crippen molar-refractivity contribution in [3.05, 3.63) is 53.6 Å². The van der Waals surface area contributed by atoms with Crippen LogP contribution in [0.1, 0.15) is 11.1 Å². The molecule has 0 saturated carbocycles. The van der Waals surface area contributed by atoms with Crippen LogP contribution in [0.25, 0.3) is 0 Å². The highest BCUT2D eigenvalue weighted by molar-refractivity contribution is 6.15. The number of amides is 2. The van der Waals surface area contributed by atoms with E-state index in [0.717, 1.165) is 11.1 Å². The van der Waals surface area contributed by atoms with E-state index in [2.05, 4.69) is 10.6 Å². The quantitative estimate of drug-likeness (QED) is 0.837. The Kier molecular flexibility index (Phi) is 3.55. The number of carbonyl (C=O) groups is 2. The number of hydrogen-bond acceptors (Lipinski definition) is 3. The molecule has 1 heterocycles. The van der Waals surface area contributed by atoms with Crippen LogP contribution < -0.4 is 15.4 Å². The highest BCUT2D eigenvalue weighted by atomic mass is 16.5. The summed E-state index contributed by atoms with van der Waals surface area (Å²) < 4.78 is 5.52. The van der Waals surface area contributed by atoms with E-state index in [4.69, 9.17) is 4.74 Å². The van der Waals surface area contributed by atoms with Crippen molar-refractivity contribution in [2.75, 3.05) is 10.6 Å². The molecule has 3 rings (SSSR count). The van der Waals surface area contributed by atoms with Gasteiger partial charge in [0, 0.05) is 5.69 Å². The number of hydrogen-bond donors (Lipinski definition) is 2. The summed E-state index contributed by atoms with van der Waals surface area (Å²) in [6.45, 7) is 3.88. The maximum absolute atomic E-state index is 12.4. The van der Waals surface area contributed by atoms with Gasteiger partial charge in [0.05, 0.1) is 5.69 Å². The Hall–Kier alpha value is -2.82. The minimum absolute atomic E-state index is 0.471. The summed E-state index contributed by atoms with van der Waals surface area (Å²) in [5, 5.41) is 5.44. The zero-order valence-corrected chi connectivity index (χ0v) is 12.3. The molecule has 1 aliphatic heterocycles. The highest BCUT2D eigenvalue weighted by Gasteiger charge is 2.34. The number of anilines is 2. The van der Waals surface area contributed by atoms with E-state index in [1.807, 2.05) is 26.0 Å². The largest absolute Gasteiger partial charge is 0.468 e. The molecule has 0 aromatic heterocycles. The summed E-state index contributed by atoms with van der Waals surface area (Å²) in [6.07, 6.45) is -1.20. The third-order valence-corrected chi connectivity index (χ3v) is 3.73. The van der Waals surface area contributed by atoms with Crippen LogP contribution in [-0.2, 0) is 9.59 Å². The van der Waals surface area contributed by atoms with Gasteiger partial charge in [0.25, 0.3) is 17.9 Å². The molecule has 0 bridgehead atoms. The van der Waals surface area contributed by atoms with E-state index >= 15 is 0 Å². The standard InChI is InChI=1S/C17H16N2O3/c1-10-6-5-8-12(11(10)2)18-16(20)15-17(21)19-13-7-3-4-9-14(13)22-15/h3-9,15H,1-2H3,(H,18,20)(H,19,21). The fourth-order valence-electron chi connectivity index (χ4n) is 2.31. The van der Waals surface area contributed by atoms with Gasteiger partial charge in [-0.2, -0.15) is 0 Å². The molecule has 2 aromatic rings. The van der Waals surface area contributed by atoms with E-state index < -0.39 is 17.9 Å². The van der Waals surface area contributed by atoms with E-state index in [0.29, 0.717) is 17.1 Å². The number of carbonyl (C=O) groups excluding carboxylic acids is 2. The zero-order valence-electron chi connectivity index (χ0n) is 12.3. The molecule has 2 N–H and O–H groups in total. The van der Waals surface area contributed by atoms with E-state index in [1.54, 1.807) is 30.3 Å². The summed E-state index contributed by atoms with van der Waals surface area (Å²) in [5.41, 5.74) is 3.29. The van der Waals surface area contributed by atoms with Crippen LogP contribution in [0.15, 0.2) is 42.5 Å². The first-order valence-electron chi connectivity index (χ1n) is 7.00. The second kappa shape index (κ2) is 5.52. The van der Waals surface area contributed by atoms with Crippen molar-refractivity contribution in [2.24, 2.45) is 0 Å². The molecule has 1 unspecified atom stereocenters. The Labute approximate surface area is 128 Å². The predicted molar refractivity (Wildman–Crippen MR) is 84.0 cm³/mol. The Morgan fingerprint density at radius 2 is 1.91 bits per heavy atom. The van der Waals surface area contributed by atoms with E-state index in [-0.39, 0.29) is 0 Å². The molecule has 1 aliphatic rings. The molecule has 0 saturated heterocycles. The number of benzene rings is 2. The van der Waals surface area contributed by atoms with Gasteiger partial charge in [-0.3, -0.25) is 9.59 Å². The third kappa shape index (κ3) is 2.53. The summed E-state index contributed by atoms with van der Waals surface area (Å²) >= 11 is 0. The van der Waals surface area contributed by atoms with Gasteiger partial charge in [-0.25, -0.2) is 0 Å². The van der Waals surface area contributed by atoms with Crippen molar-refractivity contribution >= 4 is 23.2 Å². The number of fused-ring (bicyclic) bond motifs is 1. The third-order valence-electron chi connectivity index (χ3n) is 3.73. The number of ether oxygens (including phenoxy) is 1. The van der Waals surface area contributed by atoms with Crippen LogP contribution >= 0.6 is 0 Å². The van der Waals surface area contributed by atoms with E-state index in [9.17, 15) is 9.59 Å². The fourth-order valence-corrected chi connectivity index (χ4v) is 2.31. The molecule has 0 fully saturated rings. The van der Waals surface area contributed by atoms with Gasteiger partial charge in [-0.1, -0.05) is 24.3 Å². The van der Waals surface area contributed by atoms with Gasteiger partial charge in [0.1, 0.15) is 5.75 Å². The highest BCUT2D eigenvalue weighted by Crippen LogP contribution is 2.29. The van der Waals surface area contributed by atoms with Crippen LogP contribution in [0.2, 0.25) is 0 Å². The van der Waals surface area contributed by atoms with Gasteiger partial charge in [0.2, 0.25) is 0 Å². The van der Waals surface area contributed by atoms with Gasteiger partial charge >= 0.3 is 0 Å². The molecule has 5 nitrogen and oxygen atoms in total. The summed E-state index contributed by atoms with van der Waals surface area (Å²) in [5.74, 6) is -0.467. The molecule has 112 valence electrons. The zero-order chi connectivity index (χ0) is 15.7. The van der Waals surface area contributed by atoms with Crippen LogP contribution in [0.4, 0.5) is 11.4 Å². The first-order chi connectivity index (χ1) is 10.6. The summed E-state index contributed by atoms with van der Waals surface area (Å²) in [7, 11) is 0. The molecular formula is C17H16N2O3. The summed E-state index contributed by atoms with van der Waals surface area (Å²) in [4.78, 5) is 24.4. The number of para-hydroxylation sites is 2. The molecule has 2 amide bonds. The molecule has 0 aliphatic carbocycles. The smallest absolute Gasteiger partial charge is 0.275 e. The average molecular weight is 296 g/mol. The predicted octanol–water partition coefficient (Wildman–Crippen LogP) is 2.64. The SMILES string of the molecule is Cc1cccc(NC(=O)C2Oc3ccccc3NC2=O)c1C. The van der Waals surface area contributed by atoms with Crippen molar-refractivity contribution < 1.29 is 14.3 Å². The Morgan fingerprint density at radius 3 is 2.73 bits per heavy atom. The lowest BCUT2D eigenvalue weighted by molar-refractivity contribution is -0.133. The van der Waals surface area contributed by atoms with Crippen LogP contribution in [-0.4, -0.2) is 17.9 Å².